The largest absolute Gasteiger partial charge is 0.341 e. The molecule has 116 valence electrons. The summed E-state index contributed by atoms with van der Waals surface area (Å²) in [5.41, 5.74) is 5.65. The number of benzene rings is 2. The number of aryl methyl sites for hydroxylation is 3. The van der Waals surface area contributed by atoms with Gasteiger partial charge in [-0.05, 0) is 50.5 Å². The molecule has 3 aromatic rings. The van der Waals surface area contributed by atoms with E-state index in [0.29, 0.717) is 0 Å². The highest BCUT2D eigenvalue weighted by Gasteiger charge is 2.12. The van der Waals surface area contributed by atoms with Crippen LogP contribution in [0.4, 0.5) is 0 Å². The molecule has 1 aromatic heterocycles. The lowest BCUT2D eigenvalue weighted by Crippen LogP contribution is -1.93. The summed E-state index contributed by atoms with van der Waals surface area (Å²) in [5.74, 6) is 0. The molecule has 22 heavy (non-hydrogen) atoms. The van der Waals surface area contributed by atoms with Crippen molar-refractivity contribution in [3.63, 3.8) is 0 Å². The highest BCUT2D eigenvalue weighted by molar-refractivity contribution is 6.10. The Kier molecular flexibility index (Phi) is 4.52. The summed E-state index contributed by atoms with van der Waals surface area (Å²) >= 11 is 0. The van der Waals surface area contributed by atoms with Crippen molar-refractivity contribution >= 4 is 21.8 Å². The Hall–Kier alpha value is -1.76. The summed E-state index contributed by atoms with van der Waals surface area (Å²) < 4.78 is 2.46. The van der Waals surface area contributed by atoms with Crippen LogP contribution in [0.3, 0.4) is 0 Å². The smallest absolute Gasteiger partial charge is 0.0494 e. The van der Waals surface area contributed by atoms with Gasteiger partial charge in [0.2, 0.25) is 0 Å². The Bertz CT molecular complexity index is 779. The number of unbranched alkanes of at least 4 members (excludes halogenated alkanes) is 3. The fourth-order valence-electron chi connectivity index (χ4n) is 3.63. The van der Waals surface area contributed by atoms with Gasteiger partial charge in [-0.15, -0.1) is 0 Å². The second kappa shape index (κ2) is 6.56. The predicted octanol–water partition coefficient (Wildman–Crippen LogP) is 6.25. The Morgan fingerprint density at radius 3 is 2.55 bits per heavy atom. The van der Waals surface area contributed by atoms with Crippen LogP contribution < -0.4 is 0 Å². The van der Waals surface area contributed by atoms with Crippen LogP contribution in [-0.2, 0) is 13.0 Å². The van der Waals surface area contributed by atoms with E-state index in [1.54, 1.807) is 0 Å². The second-order valence-electron chi connectivity index (χ2n) is 6.39. The third-order valence-corrected chi connectivity index (χ3v) is 4.75. The first-order valence-electron chi connectivity index (χ1n) is 8.76. The molecule has 0 N–H and O–H groups in total. The first-order valence-corrected chi connectivity index (χ1v) is 8.76. The monoisotopic (exact) mass is 293 g/mol. The van der Waals surface area contributed by atoms with E-state index in [9.17, 15) is 0 Å². The Morgan fingerprint density at radius 1 is 0.909 bits per heavy atom. The molecule has 0 spiro atoms. The van der Waals surface area contributed by atoms with Gasteiger partial charge in [-0.25, -0.2) is 0 Å². The van der Waals surface area contributed by atoms with Crippen molar-refractivity contribution in [2.45, 2.75) is 59.4 Å². The quantitative estimate of drug-likeness (QED) is 0.474. The van der Waals surface area contributed by atoms with Crippen LogP contribution in [0.1, 0.15) is 50.7 Å². The van der Waals surface area contributed by atoms with Crippen LogP contribution >= 0.6 is 0 Å². The third kappa shape index (κ3) is 2.65. The highest BCUT2D eigenvalue weighted by atomic mass is 15.0. The van der Waals surface area contributed by atoms with E-state index >= 15 is 0 Å². The Balaban J connectivity index is 2.13. The van der Waals surface area contributed by atoms with E-state index in [2.05, 4.69) is 61.7 Å². The zero-order chi connectivity index (χ0) is 15.5. The van der Waals surface area contributed by atoms with Gasteiger partial charge in [0.1, 0.15) is 0 Å². The van der Waals surface area contributed by atoms with Gasteiger partial charge < -0.3 is 4.57 Å². The molecule has 0 aliphatic rings. The van der Waals surface area contributed by atoms with E-state index in [0.717, 1.165) is 6.54 Å². The van der Waals surface area contributed by atoms with Crippen molar-refractivity contribution in [3.8, 4) is 0 Å². The number of hydrogen-bond donors (Lipinski definition) is 0. The molecule has 0 atom stereocenters. The van der Waals surface area contributed by atoms with Gasteiger partial charge >= 0.3 is 0 Å². The first-order chi connectivity index (χ1) is 10.8. The van der Waals surface area contributed by atoms with E-state index < -0.39 is 0 Å². The molecule has 0 fully saturated rings. The third-order valence-electron chi connectivity index (χ3n) is 4.75. The van der Waals surface area contributed by atoms with E-state index in [4.69, 9.17) is 0 Å². The van der Waals surface area contributed by atoms with Crippen LogP contribution in [-0.4, -0.2) is 4.57 Å². The Labute approximate surface area is 133 Å². The minimum absolute atomic E-state index is 1.03. The van der Waals surface area contributed by atoms with Crippen molar-refractivity contribution in [3.05, 3.63) is 47.5 Å². The van der Waals surface area contributed by atoms with Crippen LogP contribution in [0.15, 0.2) is 36.4 Å². The van der Waals surface area contributed by atoms with E-state index in [1.807, 2.05) is 0 Å². The molecule has 1 nitrogen and oxygen atoms in total. The maximum absolute atomic E-state index is 2.46. The number of fused-ring (bicyclic) bond motifs is 3. The lowest BCUT2D eigenvalue weighted by molar-refractivity contribution is 0.668. The average molecular weight is 293 g/mol. The molecule has 0 unspecified atom stereocenters. The van der Waals surface area contributed by atoms with Crippen LogP contribution in [0.25, 0.3) is 21.8 Å². The number of rotatable bonds is 6. The van der Waals surface area contributed by atoms with Gasteiger partial charge in [0.25, 0.3) is 0 Å². The summed E-state index contributed by atoms with van der Waals surface area (Å²) in [6.07, 6.45) is 6.51. The van der Waals surface area contributed by atoms with Crippen molar-refractivity contribution in [1.82, 2.24) is 4.57 Å². The normalized spacial score (nSPS) is 11.6. The SMILES string of the molecule is CCCCCCc1cccc2c1c1cc(C)ccc1n2CC. The topological polar surface area (TPSA) is 4.93 Å². The summed E-state index contributed by atoms with van der Waals surface area (Å²) in [4.78, 5) is 0. The van der Waals surface area contributed by atoms with Crippen molar-refractivity contribution in [1.29, 1.82) is 0 Å². The van der Waals surface area contributed by atoms with Gasteiger partial charge in [0.15, 0.2) is 0 Å². The van der Waals surface area contributed by atoms with E-state index in [-0.39, 0.29) is 0 Å². The summed E-state index contributed by atoms with van der Waals surface area (Å²) in [6, 6.07) is 13.7. The van der Waals surface area contributed by atoms with Gasteiger partial charge in [-0.3, -0.25) is 0 Å². The second-order valence-corrected chi connectivity index (χ2v) is 6.39. The summed E-state index contributed by atoms with van der Waals surface area (Å²) in [6.45, 7) is 7.74. The minimum Gasteiger partial charge on any atom is -0.341 e. The molecule has 2 aromatic carbocycles. The molecule has 0 radical (unpaired) electrons. The van der Waals surface area contributed by atoms with Crippen molar-refractivity contribution < 1.29 is 0 Å². The zero-order valence-corrected chi connectivity index (χ0v) is 14.2. The molecule has 0 amide bonds. The maximum atomic E-state index is 2.46. The molecule has 3 rings (SSSR count). The van der Waals surface area contributed by atoms with Gasteiger partial charge in [-0.1, -0.05) is 49.9 Å². The fraction of sp³-hybridized carbons (Fsp3) is 0.429. The molecule has 1 heteroatoms. The minimum atomic E-state index is 1.03. The van der Waals surface area contributed by atoms with Crippen LogP contribution in [0, 0.1) is 6.92 Å². The van der Waals surface area contributed by atoms with Crippen LogP contribution in [0.5, 0.6) is 0 Å². The summed E-state index contributed by atoms with van der Waals surface area (Å²) in [7, 11) is 0. The fourth-order valence-corrected chi connectivity index (χ4v) is 3.63. The number of hydrogen-bond acceptors (Lipinski definition) is 0. The Morgan fingerprint density at radius 2 is 1.77 bits per heavy atom. The van der Waals surface area contributed by atoms with E-state index in [1.165, 1.54) is 65.0 Å². The van der Waals surface area contributed by atoms with Gasteiger partial charge in [-0.2, -0.15) is 0 Å². The molecular weight excluding hydrogens is 266 g/mol. The van der Waals surface area contributed by atoms with Crippen molar-refractivity contribution in [2.75, 3.05) is 0 Å². The zero-order valence-electron chi connectivity index (χ0n) is 14.2. The number of aromatic nitrogens is 1. The van der Waals surface area contributed by atoms with Gasteiger partial charge in [0.05, 0.1) is 0 Å². The molecule has 0 bridgehead atoms. The standard InChI is InChI=1S/C21H27N/c1-4-6-7-8-10-17-11-9-12-20-21(17)18-15-16(3)13-14-19(18)22(20)5-2/h9,11-15H,4-8,10H2,1-3H3. The molecular formula is C21H27N. The molecule has 0 saturated carbocycles. The molecule has 0 aliphatic carbocycles. The molecule has 0 aliphatic heterocycles. The lowest BCUT2D eigenvalue weighted by Gasteiger charge is -2.06. The number of nitrogens with zero attached hydrogens (tertiary/aromatic N) is 1. The molecule has 0 saturated heterocycles. The predicted molar refractivity (Wildman–Crippen MR) is 97.7 cm³/mol. The lowest BCUT2D eigenvalue weighted by atomic mass is 10.00. The highest BCUT2D eigenvalue weighted by Crippen LogP contribution is 2.33. The first kappa shape index (κ1) is 15.1. The van der Waals surface area contributed by atoms with Gasteiger partial charge in [0, 0.05) is 28.4 Å². The molecule has 1 heterocycles. The average Bonchev–Trinajstić information content (AvgIpc) is 2.85. The maximum Gasteiger partial charge on any atom is 0.0494 e. The van der Waals surface area contributed by atoms with Crippen LogP contribution in [0.2, 0.25) is 0 Å². The van der Waals surface area contributed by atoms with Crippen molar-refractivity contribution in [2.24, 2.45) is 0 Å². The summed E-state index contributed by atoms with van der Waals surface area (Å²) in [5, 5.41) is 2.92.